The van der Waals surface area contributed by atoms with Crippen molar-refractivity contribution < 1.29 is 0 Å². The van der Waals surface area contributed by atoms with Crippen LogP contribution in [-0.4, -0.2) is 7.05 Å². The van der Waals surface area contributed by atoms with Crippen LogP contribution >= 0.6 is 0 Å². The monoisotopic (exact) mass is 225 g/mol. The molecule has 2 aliphatic rings. The number of likely N-dealkylation sites (N-methyl/N-ethyl adjacent to an activating group) is 1. The van der Waals surface area contributed by atoms with Gasteiger partial charge >= 0.3 is 0 Å². The van der Waals surface area contributed by atoms with Crippen LogP contribution in [0.2, 0.25) is 0 Å². The maximum Gasteiger partial charge on any atom is 0.0440 e. The number of para-hydroxylation sites is 1. The zero-order valence-corrected chi connectivity index (χ0v) is 10.6. The van der Waals surface area contributed by atoms with Crippen molar-refractivity contribution in [3.63, 3.8) is 0 Å². The molecule has 88 valence electrons. The Kier molecular flexibility index (Phi) is 2.54. The molecule has 0 fully saturated rings. The van der Waals surface area contributed by atoms with Gasteiger partial charge in [0.05, 0.1) is 0 Å². The Labute approximate surface area is 103 Å². The Morgan fingerprint density at radius 2 is 2.00 bits per heavy atom. The van der Waals surface area contributed by atoms with Crippen molar-refractivity contribution >= 4 is 5.69 Å². The van der Waals surface area contributed by atoms with Crippen molar-refractivity contribution in [2.24, 2.45) is 5.92 Å². The summed E-state index contributed by atoms with van der Waals surface area (Å²) < 4.78 is 0. The largest absolute Gasteiger partial charge is 0.344 e. The lowest BCUT2D eigenvalue weighted by Gasteiger charge is -2.26. The van der Waals surface area contributed by atoms with Crippen molar-refractivity contribution in [1.29, 1.82) is 0 Å². The third-order valence-corrected chi connectivity index (χ3v) is 3.92. The summed E-state index contributed by atoms with van der Waals surface area (Å²) in [6, 6.07) is 8.78. The van der Waals surface area contributed by atoms with E-state index in [1.165, 1.54) is 36.2 Å². The molecule has 1 unspecified atom stereocenters. The topological polar surface area (TPSA) is 3.24 Å². The van der Waals surface area contributed by atoms with Gasteiger partial charge in [-0.25, -0.2) is 0 Å². The third-order valence-electron chi connectivity index (χ3n) is 3.92. The molecule has 1 aromatic rings. The predicted molar refractivity (Wildman–Crippen MR) is 73.1 cm³/mol. The Morgan fingerprint density at radius 3 is 2.88 bits per heavy atom. The van der Waals surface area contributed by atoms with Gasteiger partial charge in [0.15, 0.2) is 0 Å². The van der Waals surface area contributed by atoms with Crippen LogP contribution in [0.25, 0.3) is 0 Å². The molecule has 0 saturated heterocycles. The van der Waals surface area contributed by atoms with Crippen LogP contribution < -0.4 is 4.90 Å². The average Bonchev–Trinajstić information content (AvgIpc) is 2.48. The average molecular weight is 225 g/mol. The van der Waals surface area contributed by atoms with Crippen LogP contribution in [0.3, 0.4) is 0 Å². The lowest BCUT2D eigenvalue weighted by Crippen LogP contribution is -2.19. The van der Waals surface area contributed by atoms with E-state index in [1.807, 2.05) is 0 Å². The molecule has 1 heterocycles. The first-order valence-corrected chi connectivity index (χ1v) is 6.47. The molecular formula is C16H19N. The summed E-state index contributed by atoms with van der Waals surface area (Å²) in [5, 5.41) is 0. The van der Waals surface area contributed by atoms with E-state index in [-0.39, 0.29) is 0 Å². The highest BCUT2D eigenvalue weighted by Crippen LogP contribution is 2.36. The van der Waals surface area contributed by atoms with Gasteiger partial charge in [0.1, 0.15) is 0 Å². The number of hydrogen-bond acceptors (Lipinski definition) is 1. The highest BCUT2D eigenvalue weighted by atomic mass is 15.1. The van der Waals surface area contributed by atoms with Crippen molar-refractivity contribution in [3.05, 3.63) is 53.3 Å². The van der Waals surface area contributed by atoms with Crippen molar-refractivity contribution in [2.45, 2.75) is 26.2 Å². The highest BCUT2D eigenvalue weighted by molar-refractivity contribution is 5.62. The number of hydrogen-bond donors (Lipinski definition) is 0. The van der Waals surface area contributed by atoms with Crippen molar-refractivity contribution in [3.8, 4) is 0 Å². The van der Waals surface area contributed by atoms with Gasteiger partial charge in [-0.1, -0.05) is 31.2 Å². The lowest BCUT2D eigenvalue weighted by molar-refractivity contribution is 0.670. The zero-order valence-electron chi connectivity index (χ0n) is 10.6. The molecule has 0 saturated carbocycles. The molecule has 0 spiro atoms. The Morgan fingerprint density at radius 1 is 1.18 bits per heavy atom. The number of rotatable bonds is 0. The minimum Gasteiger partial charge on any atom is -0.344 e. The van der Waals surface area contributed by atoms with Crippen LogP contribution in [0.5, 0.6) is 0 Å². The number of nitrogens with zero attached hydrogens (tertiary/aromatic N) is 1. The Bertz CT molecular complexity index is 496. The quantitative estimate of drug-likeness (QED) is 0.647. The molecule has 0 radical (unpaired) electrons. The first-order chi connectivity index (χ1) is 8.25. The van der Waals surface area contributed by atoms with E-state index in [0.29, 0.717) is 5.92 Å². The minimum atomic E-state index is 0.698. The maximum absolute atomic E-state index is 2.36. The number of benzene rings is 1. The predicted octanol–water partition coefficient (Wildman–Crippen LogP) is 3.92. The normalized spacial score (nSPS) is 23.2. The lowest BCUT2D eigenvalue weighted by atomic mass is 9.91. The summed E-state index contributed by atoms with van der Waals surface area (Å²) >= 11 is 0. The van der Waals surface area contributed by atoms with Crippen LogP contribution in [0.1, 0.15) is 25.3 Å². The fraction of sp³-hybridized carbons (Fsp3) is 0.375. The number of allylic oxidation sites excluding steroid dienone is 3. The van der Waals surface area contributed by atoms with Crippen molar-refractivity contribution in [2.75, 3.05) is 11.9 Å². The van der Waals surface area contributed by atoms with E-state index in [1.54, 1.807) is 5.57 Å². The molecule has 1 heteroatoms. The van der Waals surface area contributed by atoms with Gasteiger partial charge in [-0.2, -0.15) is 0 Å². The summed E-state index contributed by atoms with van der Waals surface area (Å²) in [6.07, 6.45) is 8.27. The summed E-state index contributed by atoms with van der Waals surface area (Å²) in [7, 11) is 2.19. The Hall–Kier alpha value is -1.50. The third kappa shape index (κ3) is 1.80. The number of aryl methyl sites for hydroxylation is 1. The first-order valence-electron chi connectivity index (χ1n) is 6.47. The molecular weight excluding hydrogens is 206 g/mol. The highest BCUT2D eigenvalue weighted by Gasteiger charge is 2.21. The minimum absolute atomic E-state index is 0.698. The molecule has 1 atom stereocenters. The van der Waals surface area contributed by atoms with Crippen LogP contribution in [0.15, 0.2) is 47.7 Å². The second-order valence-corrected chi connectivity index (χ2v) is 5.22. The fourth-order valence-corrected chi connectivity index (χ4v) is 2.98. The molecule has 1 aromatic carbocycles. The van der Waals surface area contributed by atoms with E-state index >= 15 is 0 Å². The molecule has 1 aliphatic heterocycles. The van der Waals surface area contributed by atoms with Gasteiger partial charge in [-0.15, -0.1) is 0 Å². The number of anilines is 1. The SMILES string of the molecule is CC1C=CC2=C(CCc3ccccc3N2C)C1. The first kappa shape index (κ1) is 10.6. The summed E-state index contributed by atoms with van der Waals surface area (Å²) in [5.41, 5.74) is 5.90. The van der Waals surface area contributed by atoms with Gasteiger partial charge in [0.2, 0.25) is 0 Å². The standard InChI is InChI=1S/C16H19N/c1-12-7-10-16-14(11-12)9-8-13-5-3-4-6-15(13)17(16)2/h3-7,10,12H,8-9,11H2,1-2H3. The molecule has 1 nitrogen and oxygen atoms in total. The van der Waals surface area contributed by atoms with Gasteiger partial charge in [-0.05, 0) is 48.5 Å². The fourth-order valence-electron chi connectivity index (χ4n) is 2.98. The van der Waals surface area contributed by atoms with Gasteiger partial charge < -0.3 is 4.90 Å². The molecule has 17 heavy (non-hydrogen) atoms. The second-order valence-electron chi connectivity index (χ2n) is 5.22. The van der Waals surface area contributed by atoms with Gasteiger partial charge in [0.25, 0.3) is 0 Å². The van der Waals surface area contributed by atoms with Crippen LogP contribution in [0, 0.1) is 5.92 Å². The van der Waals surface area contributed by atoms with E-state index in [4.69, 9.17) is 0 Å². The van der Waals surface area contributed by atoms with Crippen LogP contribution in [0.4, 0.5) is 5.69 Å². The van der Waals surface area contributed by atoms with E-state index in [2.05, 4.69) is 55.3 Å². The summed E-state index contributed by atoms with van der Waals surface area (Å²) in [4.78, 5) is 2.36. The summed E-state index contributed by atoms with van der Waals surface area (Å²) in [5.74, 6) is 0.698. The molecule has 0 N–H and O–H groups in total. The molecule has 0 amide bonds. The molecule has 1 aliphatic carbocycles. The van der Waals surface area contributed by atoms with Gasteiger partial charge in [-0.3, -0.25) is 0 Å². The second kappa shape index (κ2) is 4.06. The van der Waals surface area contributed by atoms with Crippen LogP contribution in [-0.2, 0) is 6.42 Å². The molecule has 3 rings (SSSR count). The Balaban J connectivity index is 2.05. The number of fused-ring (bicyclic) bond motifs is 1. The summed E-state index contributed by atoms with van der Waals surface area (Å²) in [6.45, 7) is 2.30. The molecule has 0 aromatic heterocycles. The van der Waals surface area contributed by atoms with Crippen molar-refractivity contribution in [1.82, 2.24) is 0 Å². The maximum atomic E-state index is 2.36. The van der Waals surface area contributed by atoms with E-state index in [9.17, 15) is 0 Å². The molecule has 0 bridgehead atoms. The smallest absolute Gasteiger partial charge is 0.0440 e. The van der Waals surface area contributed by atoms with E-state index < -0.39 is 0 Å². The zero-order chi connectivity index (χ0) is 11.8. The van der Waals surface area contributed by atoms with Gasteiger partial charge in [0, 0.05) is 18.4 Å². The van der Waals surface area contributed by atoms with E-state index in [0.717, 1.165) is 0 Å².